The second kappa shape index (κ2) is 13.6. The Balaban J connectivity index is 1.60. The summed E-state index contributed by atoms with van der Waals surface area (Å²) in [7, 11) is -0.419. The molecule has 1 amide bonds. The number of esters is 1. The van der Waals surface area contributed by atoms with Gasteiger partial charge in [0.15, 0.2) is 6.04 Å². The van der Waals surface area contributed by atoms with Crippen molar-refractivity contribution in [2.45, 2.75) is 49.5 Å². The largest absolute Gasteiger partial charge is 0.467 e. The lowest BCUT2D eigenvalue weighted by Crippen LogP contribution is -2.47. The highest BCUT2D eigenvalue weighted by Gasteiger charge is 2.56. The third kappa shape index (κ3) is 6.45. The monoisotopic (exact) mass is 582 g/mol. The molecule has 0 spiro atoms. The van der Waals surface area contributed by atoms with Crippen LogP contribution >= 0.6 is 0 Å². The number of hydrogen-bond donors (Lipinski definition) is 0. The van der Waals surface area contributed by atoms with Crippen molar-refractivity contribution in [3.05, 3.63) is 138 Å². The van der Waals surface area contributed by atoms with Gasteiger partial charge in [0.05, 0.1) is 18.0 Å². The maximum Gasteiger partial charge on any atom is 0.412 e. The standard InChI is InChI=1S/C34H34N2O5S/c1-25-18-21-29(22-19-25)42(39)36-30(23-20-26-12-6-3-7-13-26)31(33(37)40-2)35(32(36)28-16-10-5-11-17-28)34(38)41-24-27-14-8-4-9-15-27/h3-19,21-22,30-32H,20,23-24H2,1-2H3/t30-,31+,32+,42+/m1/s1. The molecule has 5 rings (SSSR count). The van der Waals surface area contributed by atoms with Crippen LogP contribution < -0.4 is 0 Å². The number of ether oxygens (including phenoxy) is 2. The summed E-state index contributed by atoms with van der Waals surface area (Å²) in [6.45, 7) is 2.00. The summed E-state index contributed by atoms with van der Waals surface area (Å²) >= 11 is 0. The first-order valence-corrected chi connectivity index (χ1v) is 15.0. The fourth-order valence-electron chi connectivity index (χ4n) is 5.35. The van der Waals surface area contributed by atoms with E-state index >= 15 is 0 Å². The van der Waals surface area contributed by atoms with E-state index in [0.29, 0.717) is 23.3 Å². The molecule has 4 aromatic carbocycles. The van der Waals surface area contributed by atoms with Crippen LogP contribution in [0.2, 0.25) is 0 Å². The van der Waals surface area contributed by atoms with E-state index < -0.39 is 41.3 Å². The highest BCUT2D eigenvalue weighted by atomic mass is 32.2. The zero-order valence-corrected chi connectivity index (χ0v) is 24.5. The van der Waals surface area contributed by atoms with Crippen LogP contribution in [-0.4, -0.2) is 44.7 Å². The number of methoxy groups -OCH3 is 1. The number of aryl methyl sites for hydroxylation is 2. The number of benzene rings is 4. The molecule has 4 atom stereocenters. The number of nitrogens with zero attached hydrogens (tertiary/aromatic N) is 2. The zero-order chi connectivity index (χ0) is 29.5. The summed E-state index contributed by atoms with van der Waals surface area (Å²) < 4.78 is 27.3. The normalized spacial score (nSPS) is 19.3. The fraction of sp³-hybridized carbons (Fsp3) is 0.235. The molecule has 0 saturated carbocycles. The second-order valence-electron chi connectivity index (χ2n) is 10.2. The van der Waals surface area contributed by atoms with Crippen molar-refractivity contribution in [1.29, 1.82) is 0 Å². The topological polar surface area (TPSA) is 76.2 Å². The summed E-state index contributed by atoms with van der Waals surface area (Å²) in [5.74, 6) is -0.589. The fourth-order valence-corrected chi connectivity index (χ4v) is 6.83. The molecule has 0 aliphatic carbocycles. The first-order chi connectivity index (χ1) is 20.5. The molecule has 0 aromatic heterocycles. The van der Waals surface area contributed by atoms with E-state index in [1.807, 2.05) is 122 Å². The Morgan fingerprint density at radius 1 is 0.786 bits per heavy atom. The molecule has 0 bridgehead atoms. The van der Waals surface area contributed by atoms with E-state index in [0.717, 1.165) is 16.7 Å². The van der Waals surface area contributed by atoms with Crippen LogP contribution in [0.3, 0.4) is 0 Å². The van der Waals surface area contributed by atoms with Crippen molar-refractivity contribution in [3.63, 3.8) is 0 Å². The first kappa shape index (κ1) is 29.2. The molecule has 0 unspecified atom stereocenters. The number of amides is 1. The Morgan fingerprint density at radius 2 is 1.36 bits per heavy atom. The van der Waals surface area contributed by atoms with E-state index in [1.54, 1.807) is 4.31 Å². The van der Waals surface area contributed by atoms with Gasteiger partial charge in [0.2, 0.25) is 0 Å². The van der Waals surface area contributed by atoms with Crippen LogP contribution in [-0.2, 0) is 38.3 Å². The van der Waals surface area contributed by atoms with Crippen LogP contribution in [0.15, 0.2) is 120 Å². The van der Waals surface area contributed by atoms with Gasteiger partial charge in [-0.15, -0.1) is 0 Å². The molecule has 1 aliphatic heterocycles. The molecule has 4 aromatic rings. The van der Waals surface area contributed by atoms with E-state index in [2.05, 4.69) is 0 Å². The van der Waals surface area contributed by atoms with Gasteiger partial charge >= 0.3 is 12.1 Å². The van der Waals surface area contributed by atoms with Crippen LogP contribution in [0.5, 0.6) is 0 Å². The van der Waals surface area contributed by atoms with Crippen LogP contribution in [0.1, 0.15) is 34.8 Å². The lowest BCUT2D eigenvalue weighted by Gasteiger charge is -2.31. The molecule has 8 heteroatoms. The maximum absolute atomic E-state index is 14.5. The molecule has 7 nitrogen and oxygen atoms in total. The quantitative estimate of drug-likeness (QED) is 0.219. The maximum atomic E-state index is 14.5. The SMILES string of the molecule is COC(=O)[C@@H]1[C@@H](CCc2ccccc2)N([S@@](=O)c2ccc(C)cc2)[C@@H](c2ccccc2)N1C(=O)OCc1ccccc1. The molecular formula is C34H34N2O5S. The van der Waals surface area contributed by atoms with Crippen molar-refractivity contribution in [3.8, 4) is 0 Å². The smallest absolute Gasteiger partial charge is 0.412 e. The Bertz CT molecular complexity index is 1500. The van der Waals surface area contributed by atoms with Gasteiger partial charge in [0, 0.05) is 0 Å². The lowest BCUT2D eigenvalue weighted by molar-refractivity contribution is -0.146. The van der Waals surface area contributed by atoms with Gasteiger partial charge in [-0.3, -0.25) is 4.90 Å². The van der Waals surface area contributed by atoms with Crippen LogP contribution in [0.25, 0.3) is 0 Å². The van der Waals surface area contributed by atoms with Gasteiger partial charge in [-0.05, 0) is 48.6 Å². The van der Waals surface area contributed by atoms with Crippen molar-refractivity contribution in [1.82, 2.24) is 9.21 Å². The molecule has 1 aliphatic rings. The van der Waals surface area contributed by atoms with Gasteiger partial charge in [-0.25, -0.2) is 13.8 Å². The zero-order valence-electron chi connectivity index (χ0n) is 23.7. The minimum atomic E-state index is -1.73. The van der Waals surface area contributed by atoms with Gasteiger partial charge in [-0.1, -0.05) is 109 Å². The molecule has 1 saturated heterocycles. The summed E-state index contributed by atoms with van der Waals surface area (Å²) in [5.41, 5.74) is 3.64. The van der Waals surface area contributed by atoms with E-state index in [4.69, 9.17) is 9.47 Å². The summed E-state index contributed by atoms with van der Waals surface area (Å²) in [5, 5.41) is 0. The number of rotatable bonds is 9. The average molecular weight is 583 g/mol. The lowest BCUT2D eigenvalue weighted by atomic mass is 10.0. The average Bonchev–Trinajstić information content (AvgIpc) is 3.39. The number of hydrogen-bond acceptors (Lipinski definition) is 5. The highest BCUT2D eigenvalue weighted by molar-refractivity contribution is 7.82. The van der Waals surface area contributed by atoms with E-state index in [-0.39, 0.29) is 6.61 Å². The van der Waals surface area contributed by atoms with Crippen molar-refractivity contribution in [2.24, 2.45) is 0 Å². The minimum Gasteiger partial charge on any atom is -0.467 e. The Morgan fingerprint density at radius 3 is 1.95 bits per heavy atom. The van der Waals surface area contributed by atoms with Crippen molar-refractivity contribution in [2.75, 3.05) is 7.11 Å². The van der Waals surface area contributed by atoms with Gasteiger partial charge in [0.1, 0.15) is 23.8 Å². The molecule has 42 heavy (non-hydrogen) atoms. The van der Waals surface area contributed by atoms with Crippen molar-refractivity contribution < 1.29 is 23.3 Å². The van der Waals surface area contributed by atoms with Gasteiger partial charge < -0.3 is 9.47 Å². The Kier molecular flexibility index (Phi) is 9.46. The van der Waals surface area contributed by atoms with E-state index in [9.17, 15) is 13.8 Å². The second-order valence-corrected chi connectivity index (χ2v) is 11.6. The summed E-state index contributed by atoms with van der Waals surface area (Å²) in [6.07, 6.45) is -0.472. The summed E-state index contributed by atoms with van der Waals surface area (Å²) in [4.78, 5) is 29.5. The van der Waals surface area contributed by atoms with Gasteiger partial charge in [0.25, 0.3) is 0 Å². The molecule has 1 fully saturated rings. The molecule has 1 heterocycles. The molecule has 216 valence electrons. The number of carbonyl (C=O) groups excluding carboxylic acids is 2. The van der Waals surface area contributed by atoms with Crippen molar-refractivity contribution >= 4 is 23.0 Å². The first-order valence-electron chi connectivity index (χ1n) is 13.9. The van der Waals surface area contributed by atoms with Crippen LogP contribution in [0.4, 0.5) is 4.79 Å². The molecule has 0 radical (unpaired) electrons. The Labute approximate surface area is 249 Å². The highest BCUT2D eigenvalue weighted by Crippen LogP contribution is 2.43. The minimum absolute atomic E-state index is 0.0291. The molecular weight excluding hydrogens is 548 g/mol. The third-order valence-electron chi connectivity index (χ3n) is 7.44. The predicted molar refractivity (Wildman–Crippen MR) is 161 cm³/mol. The third-order valence-corrected chi connectivity index (χ3v) is 8.97. The number of carbonyl (C=O) groups is 2. The Hall–Kier alpha value is -4.27. The summed E-state index contributed by atoms with van der Waals surface area (Å²) in [6, 6.07) is 34.4. The predicted octanol–water partition coefficient (Wildman–Crippen LogP) is 6.21. The van der Waals surface area contributed by atoms with E-state index in [1.165, 1.54) is 12.0 Å². The molecule has 0 N–H and O–H groups in total. The van der Waals surface area contributed by atoms with Gasteiger partial charge in [-0.2, -0.15) is 4.31 Å². The van der Waals surface area contributed by atoms with Crippen LogP contribution in [0, 0.1) is 6.92 Å².